The molecule has 0 aliphatic carbocycles. The zero-order chi connectivity index (χ0) is 30.5. The molecular formula is C31H37N7O5. The molecule has 0 bridgehead atoms. The van der Waals surface area contributed by atoms with E-state index in [1.807, 2.05) is 55.1 Å². The van der Waals surface area contributed by atoms with Gasteiger partial charge in [0, 0.05) is 61.6 Å². The number of amides is 2. The van der Waals surface area contributed by atoms with E-state index in [-0.39, 0.29) is 23.6 Å². The number of methoxy groups -OCH3 is 1. The topological polar surface area (TPSA) is 132 Å². The Kier molecular flexibility index (Phi) is 8.96. The summed E-state index contributed by atoms with van der Waals surface area (Å²) in [5, 5.41) is 9.92. The number of ether oxygens (including phenoxy) is 3. The molecule has 12 nitrogen and oxygen atoms in total. The summed E-state index contributed by atoms with van der Waals surface area (Å²) in [5.41, 5.74) is 4.38. The van der Waals surface area contributed by atoms with Crippen LogP contribution in [0.5, 0.6) is 5.75 Å². The van der Waals surface area contributed by atoms with Crippen LogP contribution in [0, 0.1) is 0 Å². The first kappa shape index (κ1) is 29.6. The Balaban J connectivity index is 1.59. The Labute approximate surface area is 250 Å². The van der Waals surface area contributed by atoms with Crippen molar-refractivity contribution in [1.82, 2.24) is 19.9 Å². The van der Waals surface area contributed by atoms with Crippen molar-refractivity contribution in [2.24, 2.45) is 7.05 Å². The first-order valence-electron chi connectivity index (χ1n) is 14.3. The van der Waals surface area contributed by atoms with Crippen molar-refractivity contribution in [3.05, 3.63) is 54.4 Å². The summed E-state index contributed by atoms with van der Waals surface area (Å²) in [6.07, 6.45) is 3.10. The van der Waals surface area contributed by atoms with Crippen molar-refractivity contribution < 1.29 is 23.8 Å². The molecule has 1 aliphatic rings. The Morgan fingerprint density at radius 3 is 2.60 bits per heavy atom. The molecule has 3 N–H and O–H groups in total. The lowest BCUT2D eigenvalue weighted by molar-refractivity contribution is 0.0378. The number of para-hydroxylation sites is 1. The quantitative estimate of drug-likeness (QED) is 0.233. The number of nitrogens with one attached hydrogen (secondary N) is 3. The summed E-state index contributed by atoms with van der Waals surface area (Å²) in [7, 11) is 3.52. The van der Waals surface area contributed by atoms with Gasteiger partial charge in [-0.25, -0.2) is 19.6 Å². The summed E-state index contributed by atoms with van der Waals surface area (Å²) in [4.78, 5) is 37.1. The number of carbonyl (C=O) groups excluding carboxylic acids is 2. The highest BCUT2D eigenvalue weighted by Gasteiger charge is 2.24. The Hall–Kier alpha value is -4.84. The van der Waals surface area contributed by atoms with Gasteiger partial charge in [0.25, 0.3) is 0 Å². The van der Waals surface area contributed by atoms with E-state index in [2.05, 4.69) is 25.8 Å². The highest BCUT2D eigenvalue weighted by atomic mass is 16.5. The van der Waals surface area contributed by atoms with Gasteiger partial charge in [-0.1, -0.05) is 18.2 Å². The van der Waals surface area contributed by atoms with Gasteiger partial charge in [-0.15, -0.1) is 0 Å². The second-order valence-electron chi connectivity index (χ2n) is 10.4. The molecule has 12 heteroatoms. The van der Waals surface area contributed by atoms with Crippen LogP contribution in [0.2, 0.25) is 0 Å². The summed E-state index contributed by atoms with van der Waals surface area (Å²) in [5.74, 6) is 0.261. The number of carbonyl (C=O) groups is 2. The average molecular weight is 588 g/mol. The van der Waals surface area contributed by atoms with Gasteiger partial charge in [-0.2, -0.15) is 0 Å². The Bertz CT molecular complexity index is 1630. The van der Waals surface area contributed by atoms with E-state index in [0.717, 1.165) is 22.2 Å². The molecule has 0 saturated carbocycles. The van der Waals surface area contributed by atoms with Gasteiger partial charge in [-0.3, -0.25) is 0 Å². The van der Waals surface area contributed by atoms with Crippen LogP contribution in [0.15, 0.2) is 48.8 Å². The van der Waals surface area contributed by atoms with Crippen molar-refractivity contribution in [1.29, 1.82) is 0 Å². The number of morpholine rings is 1. The molecule has 1 saturated heterocycles. The van der Waals surface area contributed by atoms with Crippen molar-refractivity contribution >= 4 is 45.9 Å². The van der Waals surface area contributed by atoms with Crippen molar-refractivity contribution in [3.8, 4) is 17.0 Å². The normalized spacial score (nSPS) is 13.2. The summed E-state index contributed by atoms with van der Waals surface area (Å²) >= 11 is 0. The van der Waals surface area contributed by atoms with Gasteiger partial charge >= 0.3 is 12.0 Å². The molecule has 226 valence electrons. The number of aromatic nitrogens is 3. The van der Waals surface area contributed by atoms with E-state index in [4.69, 9.17) is 19.2 Å². The molecule has 3 heterocycles. The van der Waals surface area contributed by atoms with Crippen LogP contribution in [-0.4, -0.2) is 72.6 Å². The Morgan fingerprint density at radius 2 is 1.88 bits per heavy atom. The lowest BCUT2D eigenvalue weighted by atomic mass is 10.1. The lowest BCUT2D eigenvalue weighted by Gasteiger charge is -2.31. The minimum Gasteiger partial charge on any atom is -0.494 e. The van der Waals surface area contributed by atoms with Crippen LogP contribution < -0.4 is 25.6 Å². The van der Waals surface area contributed by atoms with E-state index in [1.165, 1.54) is 6.20 Å². The minimum absolute atomic E-state index is 0.241. The SMILES string of the molecule is CCNC(=O)Nc1cc(Nc2ncc(C(=O)OC(C)C)c(-c3cn(C)c4ccccc34)n2)c(OC)cc1N1CCOCC1. The molecule has 0 unspecified atom stereocenters. The highest BCUT2D eigenvalue weighted by molar-refractivity contribution is 6.03. The number of aryl methyl sites for hydroxylation is 1. The van der Waals surface area contributed by atoms with Crippen molar-refractivity contribution in [2.45, 2.75) is 26.9 Å². The van der Waals surface area contributed by atoms with Crippen LogP contribution in [-0.2, 0) is 16.5 Å². The lowest BCUT2D eigenvalue weighted by Crippen LogP contribution is -2.37. The molecule has 1 fully saturated rings. The van der Waals surface area contributed by atoms with Gasteiger partial charge < -0.3 is 39.6 Å². The maximum Gasteiger partial charge on any atom is 0.342 e. The highest BCUT2D eigenvalue weighted by Crippen LogP contribution is 2.39. The summed E-state index contributed by atoms with van der Waals surface area (Å²) in [6.45, 7) is 8.44. The monoisotopic (exact) mass is 587 g/mol. The van der Waals surface area contributed by atoms with Crippen LogP contribution in [0.4, 0.5) is 27.8 Å². The third-order valence-electron chi connectivity index (χ3n) is 7.01. The summed E-state index contributed by atoms with van der Waals surface area (Å²) in [6, 6.07) is 11.3. The summed E-state index contributed by atoms with van der Waals surface area (Å²) < 4.78 is 18.8. The fourth-order valence-electron chi connectivity index (χ4n) is 5.05. The second-order valence-corrected chi connectivity index (χ2v) is 10.4. The molecule has 5 rings (SSSR count). The molecule has 2 amide bonds. The van der Waals surface area contributed by atoms with E-state index < -0.39 is 5.97 Å². The molecule has 4 aromatic rings. The van der Waals surface area contributed by atoms with Crippen LogP contribution in [0.25, 0.3) is 22.2 Å². The molecule has 2 aromatic heterocycles. The average Bonchev–Trinajstić information content (AvgIpc) is 3.33. The number of esters is 1. The third kappa shape index (κ3) is 6.49. The van der Waals surface area contributed by atoms with Crippen molar-refractivity contribution in [3.63, 3.8) is 0 Å². The van der Waals surface area contributed by atoms with E-state index in [1.54, 1.807) is 27.0 Å². The third-order valence-corrected chi connectivity index (χ3v) is 7.01. The maximum absolute atomic E-state index is 13.1. The van der Waals surface area contributed by atoms with Gasteiger partial charge in [0.2, 0.25) is 5.95 Å². The van der Waals surface area contributed by atoms with Crippen LogP contribution in [0.3, 0.4) is 0 Å². The predicted octanol–water partition coefficient (Wildman–Crippen LogP) is 4.93. The number of fused-ring (bicyclic) bond motifs is 1. The smallest absolute Gasteiger partial charge is 0.342 e. The van der Waals surface area contributed by atoms with Crippen molar-refractivity contribution in [2.75, 3.05) is 55.5 Å². The van der Waals surface area contributed by atoms with Crippen LogP contribution in [0.1, 0.15) is 31.1 Å². The van der Waals surface area contributed by atoms with Gasteiger partial charge in [0.05, 0.1) is 49.2 Å². The first-order valence-corrected chi connectivity index (χ1v) is 14.3. The zero-order valence-corrected chi connectivity index (χ0v) is 25.1. The van der Waals surface area contributed by atoms with Crippen LogP contribution >= 0.6 is 0 Å². The standard InChI is InChI=1S/C31H37N7O5/c1-6-32-31(40)35-23-15-24(27(41-5)16-26(23)38-11-13-42-14-12-38)34-30-33-17-21(29(39)43-19(2)3)28(36-30)22-18-37(4)25-10-8-7-9-20(22)25/h7-10,15-19H,6,11-14H2,1-5H3,(H2,32,35,40)(H,33,34,36). The second kappa shape index (κ2) is 13.0. The largest absolute Gasteiger partial charge is 0.494 e. The molecule has 2 aromatic carbocycles. The molecular weight excluding hydrogens is 550 g/mol. The van der Waals surface area contributed by atoms with E-state index >= 15 is 0 Å². The maximum atomic E-state index is 13.1. The fraction of sp³-hybridized carbons (Fsp3) is 0.355. The number of anilines is 4. The van der Waals surface area contributed by atoms with Gasteiger partial charge in [0.1, 0.15) is 11.3 Å². The number of hydrogen-bond acceptors (Lipinski definition) is 9. The fourth-order valence-corrected chi connectivity index (χ4v) is 5.05. The molecule has 0 spiro atoms. The number of hydrogen-bond donors (Lipinski definition) is 3. The molecule has 1 aliphatic heterocycles. The first-order chi connectivity index (χ1) is 20.8. The number of benzene rings is 2. The molecule has 43 heavy (non-hydrogen) atoms. The number of urea groups is 1. The number of rotatable bonds is 9. The zero-order valence-electron chi connectivity index (χ0n) is 25.1. The molecule has 0 radical (unpaired) electrons. The molecule has 0 atom stereocenters. The predicted molar refractivity (Wildman–Crippen MR) is 167 cm³/mol. The number of nitrogens with zero attached hydrogens (tertiary/aromatic N) is 4. The van der Waals surface area contributed by atoms with E-state index in [9.17, 15) is 9.59 Å². The minimum atomic E-state index is -0.509. The van der Waals surface area contributed by atoms with Gasteiger partial charge in [-0.05, 0) is 32.9 Å². The van der Waals surface area contributed by atoms with Gasteiger partial charge in [0.15, 0.2) is 0 Å². The Morgan fingerprint density at radius 1 is 1.12 bits per heavy atom. The van der Waals surface area contributed by atoms with E-state index in [0.29, 0.717) is 55.7 Å².